The second-order valence-corrected chi connectivity index (χ2v) is 6.49. The van der Waals surface area contributed by atoms with Crippen LogP contribution in [0.1, 0.15) is 34.3 Å². The first-order valence-electron chi connectivity index (χ1n) is 7.67. The lowest BCUT2D eigenvalue weighted by atomic mass is 9.99. The minimum absolute atomic E-state index is 0.0816. The Bertz CT molecular complexity index is 874. The molecule has 0 atom stereocenters. The molecule has 2 aromatic carbocycles. The van der Waals surface area contributed by atoms with Crippen molar-refractivity contribution in [1.29, 1.82) is 0 Å². The van der Waals surface area contributed by atoms with E-state index in [1.54, 1.807) is 24.3 Å². The van der Waals surface area contributed by atoms with Gasteiger partial charge in [0.05, 0.1) is 21.3 Å². The van der Waals surface area contributed by atoms with E-state index in [4.69, 9.17) is 23.2 Å². The van der Waals surface area contributed by atoms with Gasteiger partial charge < -0.3 is 5.32 Å². The fraction of sp³-hybridized carbons (Fsp3) is 0.167. The Morgan fingerprint density at radius 3 is 2.48 bits per heavy atom. The number of hydrogen-bond acceptors (Lipinski definition) is 3. The average molecular weight is 376 g/mol. The van der Waals surface area contributed by atoms with Crippen LogP contribution >= 0.6 is 23.2 Å². The van der Waals surface area contributed by atoms with E-state index in [1.165, 1.54) is 0 Å². The Kier molecular flexibility index (Phi) is 5.06. The molecule has 2 amide bonds. The number of hydrazone groups is 1. The number of anilines is 1. The number of halogens is 2. The lowest BCUT2D eigenvalue weighted by molar-refractivity contribution is -0.121. The van der Waals surface area contributed by atoms with Gasteiger partial charge in [0.15, 0.2) is 0 Å². The highest BCUT2D eigenvalue weighted by Crippen LogP contribution is 2.26. The van der Waals surface area contributed by atoms with Crippen LogP contribution in [0.4, 0.5) is 5.69 Å². The second kappa shape index (κ2) is 7.25. The van der Waals surface area contributed by atoms with Crippen molar-refractivity contribution in [2.45, 2.75) is 19.8 Å². The number of rotatable bonds is 3. The van der Waals surface area contributed by atoms with Crippen molar-refractivity contribution in [2.24, 2.45) is 5.10 Å². The van der Waals surface area contributed by atoms with E-state index < -0.39 is 0 Å². The minimum atomic E-state index is -0.370. The average Bonchev–Trinajstić information content (AvgIpc) is 2.56. The maximum absolute atomic E-state index is 12.4. The van der Waals surface area contributed by atoms with Gasteiger partial charge in [-0.1, -0.05) is 35.3 Å². The summed E-state index contributed by atoms with van der Waals surface area (Å²) in [6.45, 7) is 1.92. The Labute approximate surface area is 155 Å². The zero-order valence-electron chi connectivity index (χ0n) is 13.4. The van der Waals surface area contributed by atoms with Gasteiger partial charge in [-0.3, -0.25) is 9.59 Å². The Morgan fingerprint density at radius 2 is 1.88 bits per heavy atom. The highest BCUT2D eigenvalue weighted by atomic mass is 35.5. The smallest absolute Gasteiger partial charge is 0.258 e. The molecule has 0 fully saturated rings. The zero-order valence-corrected chi connectivity index (χ0v) is 14.9. The van der Waals surface area contributed by atoms with Gasteiger partial charge in [0.1, 0.15) is 0 Å². The largest absolute Gasteiger partial charge is 0.322 e. The number of nitrogens with one attached hydrogen (secondary N) is 2. The maximum atomic E-state index is 12.4. The highest BCUT2D eigenvalue weighted by molar-refractivity contribution is 6.40. The molecule has 0 radical (unpaired) electrons. The molecule has 5 nitrogen and oxygen atoms in total. The molecular formula is C18H15Cl2N3O2. The first-order chi connectivity index (χ1) is 12.0. The molecule has 2 aromatic rings. The van der Waals surface area contributed by atoms with E-state index in [9.17, 15) is 9.59 Å². The van der Waals surface area contributed by atoms with Crippen molar-refractivity contribution in [3.8, 4) is 0 Å². The molecule has 0 aromatic heterocycles. The van der Waals surface area contributed by atoms with Crippen molar-refractivity contribution in [3.63, 3.8) is 0 Å². The maximum Gasteiger partial charge on any atom is 0.258 e. The molecule has 0 saturated carbocycles. The van der Waals surface area contributed by atoms with Gasteiger partial charge in [-0.05, 0) is 36.8 Å². The monoisotopic (exact) mass is 375 g/mol. The summed E-state index contributed by atoms with van der Waals surface area (Å²) >= 11 is 12.1. The third kappa shape index (κ3) is 3.83. The van der Waals surface area contributed by atoms with Crippen molar-refractivity contribution in [2.75, 3.05) is 5.32 Å². The summed E-state index contributed by atoms with van der Waals surface area (Å²) in [6.07, 6.45) is 1.01. The number of aryl methyl sites for hydroxylation is 1. The second-order valence-electron chi connectivity index (χ2n) is 5.67. The van der Waals surface area contributed by atoms with Crippen LogP contribution in [-0.2, 0) is 4.79 Å². The summed E-state index contributed by atoms with van der Waals surface area (Å²) in [5.74, 6) is -0.452. The molecule has 0 spiro atoms. The lowest BCUT2D eigenvalue weighted by Crippen LogP contribution is -2.26. The summed E-state index contributed by atoms with van der Waals surface area (Å²) < 4.78 is 0. The van der Waals surface area contributed by atoms with E-state index in [1.807, 2.05) is 19.1 Å². The summed E-state index contributed by atoms with van der Waals surface area (Å²) in [5, 5.41) is 7.49. The zero-order chi connectivity index (χ0) is 18.0. The molecule has 1 aliphatic rings. The Morgan fingerprint density at radius 1 is 1.16 bits per heavy atom. The van der Waals surface area contributed by atoms with Gasteiger partial charge in [-0.2, -0.15) is 5.10 Å². The van der Waals surface area contributed by atoms with E-state index in [0.29, 0.717) is 28.6 Å². The fourth-order valence-electron chi connectivity index (χ4n) is 2.64. The minimum Gasteiger partial charge on any atom is -0.322 e. The summed E-state index contributed by atoms with van der Waals surface area (Å²) in [4.78, 5) is 23.6. The summed E-state index contributed by atoms with van der Waals surface area (Å²) in [5.41, 5.74) is 6.06. The van der Waals surface area contributed by atoms with Crippen molar-refractivity contribution in [1.82, 2.24) is 5.43 Å². The quantitative estimate of drug-likeness (QED) is 0.844. The van der Waals surface area contributed by atoms with E-state index in [0.717, 1.165) is 16.8 Å². The first kappa shape index (κ1) is 17.5. The molecule has 2 N–H and O–H groups in total. The number of amides is 2. The standard InChI is InChI=1S/C18H15Cl2N3O2/c1-10-9-11(5-6-12(10)15-7-8-16(24)23-22-15)21-18(25)17-13(19)3-2-4-14(17)20/h2-6,9H,7-8H2,1H3,(H,21,25)(H,23,24). The number of carbonyl (C=O) groups is 2. The van der Waals surface area contributed by atoms with Crippen LogP contribution in [0.5, 0.6) is 0 Å². The normalized spacial score (nSPS) is 13.9. The molecule has 3 rings (SSSR count). The van der Waals surface area contributed by atoms with Crippen LogP contribution in [0.3, 0.4) is 0 Å². The van der Waals surface area contributed by atoms with Gasteiger partial charge in [-0.25, -0.2) is 5.43 Å². The van der Waals surface area contributed by atoms with Gasteiger partial charge in [-0.15, -0.1) is 0 Å². The SMILES string of the molecule is Cc1cc(NC(=O)c2c(Cl)cccc2Cl)ccc1C1=NNC(=O)CC1. The van der Waals surface area contributed by atoms with Crippen LogP contribution in [0.15, 0.2) is 41.5 Å². The molecule has 7 heteroatoms. The molecule has 0 unspecified atom stereocenters. The van der Waals surface area contributed by atoms with Gasteiger partial charge in [0.25, 0.3) is 5.91 Å². The van der Waals surface area contributed by atoms with Crippen molar-refractivity contribution in [3.05, 3.63) is 63.1 Å². The van der Waals surface area contributed by atoms with Crippen LogP contribution in [0, 0.1) is 6.92 Å². The van der Waals surface area contributed by atoms with Crippen LogP contribution in [0.2, 0.25) is 10.0 Å². The molecule has 0 saturated heterocycles. The van der Waals surface area contributed by atoms with Crippen LogP contribution < -0.4 is 10.7 Å². The van der Waals surface area contributed by atoms with Crippen LogP contribution in [0.25, 0.3) is 0 Å². The van der Waals surface area contributed by atoms with Gasteiger partial charge in [0, 0.05) is 24.1 Å². The number of benzene rings is 2. The molecule has 25 heavy (non-hydrogen) atoms. The first-order valence-corrected chi connectivity index (χ1v) is 8.43. The van der Waals surface area contributed by atoms with Crippen molar-refractivity contribution >= 4 is 46.4 Å². The Balaban J connectivity index is 1.82. The van der Waals surface area contributed by atoms with E-state index in [-0.39, 0.29) is 17.4 Å². The highest BCUT2D eigenvalue weighted by Gasteiger charge is 2.17. The van der Waals surface area contributed by atoms with E-state index in [2.05, 4.69) is 15.8 Å². The summed E-state index contributed by atoms with van der Waals surface area (Å²) in [7, 11) is 0. The molecular weight excluding hydrogens is 361 g/mol. The molecule has 1 aliphatic heterocycles. The Hall–Kier alpha value is -2.37. The van der Waals surface area contributed by atoms with Gasteiger partial charge >= 0.3 is 0 Å². The number of carbonyl (C=O) groups excluding carboxylic acids is 2. The third-order valence-corrected chi connectivity index (χ3v) is 4.52. The molecule has 0 aliphatic carbocycles. The number of nitrogens with zero attached hydrogens (tertiary/aromatic N) is 1. The van der Waals surface area contributed by atoms with E-state index >= 15 is 0 Å². The molecule has 0 bridgehead atoms. The number of hydrogen-bond donors (Lipinski definition) is 2. The van der Waals surface area contributed by atoms with Crippen molar-refractivity contribution < 1.29 is 9.59 Å². The molecule has 128 valence electrons. The van der Waals surface area contributed by atoms with Gasteiger partial charge in [0.2, 0.25) is 5.91 Å². The molecule has 1 heterocycles. The third-order valence-electron chi connectivity index (χ3n) is 3.89. The van der Waals surface area contributed by atoms with Crippen LogP contribution in [-0.4, -0.2) is 17.5 Å². The predicted molar refractivity (Wildman–Crippen MR) is 99.5 cm³/mol. The predicted octanol–water partition coefficient (Wildman–Crippen LogP) is 4.17. The lowest BCUT2D eigenvalue weighted by Gasteiger charge is -2.15. The fourth-order valence-corrected chi connectivity index (χ4v) is 3.21. The summed E-state index contributed by atoms with van der Waals surface area (Å²) in [6, 6.07) is 10.4. The topological polar surface area (TPSA) is 70.6 Å².